The average molecular weight is 296 g/mol. The lowest BCUT2D eigenvalue weighted by atomic mass is 9.78. The van der Waals surface area contributed by atoms with E-state index in [1.165, 1.54) is 12.1 Å². The van der Waals surface area contributed by atoms with E-state index in [1.54, 1.807) is 0 Å². The summed E-state index contributed by atoms with van der Waals surface area (Å²) in [7, 11) is 0. The van der Waals surface area contributed by atoms with Gasteiger partial charge in [-0.3, -0.25) is 0 Å². The van der Waals surface area contributed by atoms with Crippen molar-refractivity contribution in [3.8, 4) is 0 Å². The van der Waals surface area contributed by atoms with Crippen molar-refractivity contribution < 1.29 is 9.18 Å². The minimum absolute atomic E-state index is 0.0449. The fourth-order valence-electron chi connectivity index (χ4n) is 3.85. The summed E-state index contributed by atoms with van der Waals surface area (Å²) in [6, 6.07) is 7.12. The lowest BCUT2D eigenvalue weighted by molar-refractivity contribution is -0.109. The van der Waals surface area contributed by atoms with Crippen LogP contribution in [0, 0.1) is 11.7 Å². The first kappa shape index (κ1) is 14.0. The van der Waals surface area contributed by atoms with Gasteiger partial charge in [-0.2, -0.15) is 0 Å². The van der Waals surface area contributed by atoms with Crippen molar-refractivity contribution in [2.24, 2.45) is 5.92 Å². The highest BCUT2D eigenvalue weighted by Gasteiger charge is 2.51. The number of piperidine rings is 1. The van der Waals surface area contributed by atoms with Crippen molar-refractivity contribution in [1.29, 1.82) is 0 Å². The van der Waals surface area contributed by atoms with Gasteiger partial charge in [-0.25, -0.2) is 4.39 Å². The molecule has 3 rings (SSSR count). The molecule has 2 heterocycles. The van der Waals surface area contributed by atoms with Gasteiger partial charge in [0, 0.05) is 18.0 Å². The van der Waals surface area contributed by atoms with Gasteiger partial charge in [0.2, 0.25) is 0 Å². The van der Waals surface area contributed by atoms with Crippen LogP contribution in [-0.2, 0) is 11.2 Å². The topological polar surface area (TPSA) is 29.1 Å². The summed E-state index contributed by atoms with van der Waals surface area (Å²) in [6.45, 7) is 0. The van der Waals surface area contributed by atoms with Crippen molar-refractivity contribution >= 4 is 17.9 Å². The van der Waals surface area contributed by atoms with E-state index in [-0.39, 0.29) is 16.7 Å². The Kier molecular flexibility index (Phi) is 3.83. The summed E-state index contributed by atoms with van der Waals surface area (Å²) in [4.78, 5) is 11.0. The first-order valence-corrected chi connectivity index (χ1v) is 7.66. The molecule has 0 spiro atoms. The van der Waals surface area contributed by atoms with E-state index in [2.05, 4.69) is 5.32 Å². The molecule has 20 heavy (non-hydrogen) atoms. The molecule has 0 saturated carbocycles. The highest BCUT2D eigenvalue weighted by molar-refractivity contribution is 6.22. The van der Waals surface area contributed by atoms with Gasteiger partial charge in [0.25, 0.3) is 0 Å². The fraction of sp³-hybridized carbons (Fsp3) is 0.562. The molecule has 1 aromatic rings. The van der Waals surface area contributed by atoms with Crippen LogP contribution in [0.1, 0.15) is 31.2 Å². The predicted molar refractivity (Wildman–Crippen MR) is 77.4 cm³/mol. The number of benzene rings is 1. The number of rotatable bonds is 4. The number of fused-ring (bicyclic) bond motifs is 2. The molecule has 4 atom stereocenters. The van der Waals surface area contributed by atoms with Gasteiger partial charge in [0.15, 0.2) is 0 Å². The lowest BCUT2D eigenvalue weighted by Gasteiger charge is -2.43. The third-order valence-corrected chi connectivity index (χ3v) is 5.59. The van der Waals surface area contributed by atoms with Crippen LogP contribution in [0.3, 0.4) is 0 Å². The van der Waals surface area contributed by atoms with Crippen LogP contribution < -0.4 is 5.32 Å². The van der Waals surface area contributed by atoms with Crippen molar-refractivity contribution in [2.45, 2.75) is 49.1 Å². The molecular weight excluding hydrogens is 277 g/mol. The van der Waals surface area contributed by atoms with E-state index in [0.717, 1.165) is 37.5 Å². The number of halogens is 2. The van der Waals surface area contributed by atoms with E-state index in [9.17, 15) is 9.18 Å². The number of nitrogens with one attached hydrogen (secondary N) is 1. The Morgan fingerprint density at radius 2 is 2.15 bits per heavy atom. The number of carbonyl (C=O) groups excluding carboxylic acids is 1. The van der Waals surface area contributed by atoms with Crippen molar-refractivity contribution in [1.82, 2.24) is 5.32 Å². The first-order valence-electron chi connectivity index (χ1n) is 7.23. The monoisotopic (exact) mass is 295 g/mol. The Labute approximate surface area is 123 Å². The maximum absolute atomic E-state index is 13.0. The maximum atomic E-state index is 13.0. The van der Waals surface area contributed by atoms with Crippen LogP contribution in [0.2, 0.25) is 0 Å². The molecule has 108 valence electrons. The van der Waals surface area contributed by atoms with Gasteiger partial charge in [-0.1, -0.05) is 12.1 Å². The Morgan fingerprint density at radius 3 is 2.85 bits per heavy atom. The highest BCUT2D eigenvalue weighted by Crippen LogP contribution is 2.44. The average Bonchev–Trinajstić information content (AvgIpc) is 2.79. The molecule has 4 heteroatoms. The number of hydrogen-bond donors (Lipinski definition) is 1. The summed E-state index contributed by atoms with van der Waals surface area (Å²) in [5, 5.41) is 3.51. The Balaban J connectivity index is 1.77. The van der Waals surface area contributed by atoms with Gasteiger partial charge < -0.3 is 10.1 Å². The number of aldehydes is 1. The summed E-state index contributed by atoms with van der Waals surface area (Å²) in [6.07, 6.45) is 5.42. The second-order valence-corrected chi connectivity index (χ2v) is 6.61. The van der Waals surface area contributed by atoms with Gasteiger partial charge in [-0.15, -0.1) is 11.6 Å². The van der Waals surface area contributed by atoms with Crippen LogP contribution in [0.4, 0.5) is 4.39 Å². The molecular formula is C16H19ClFNO. The second kappa shape index (κ2) is 5.45. The van der Waals surface area contributed by atoms with Crippen LogP contribution in [0.15, 0.2) is 24.3 Å². The molecule has 4 unspecified atom stereocenters. The van der Waals surface area contributed by atoms with E-state index in [4.69, 9.17) is 11.6 Å². The fourth-order valence-corrected chi connectivity index (χ4v) is 4.30. The van der Waals surface area contributed by atoms with Crippen molar-refractivity contribution in [2.75, 3.05) is 0 Å². The predicted octanol–water partition coefficient (Wildman–Crippen LogP) is 3.08. The highest BCUT2D eigenvalue weighted by atomic mass is 35.5. The summed E-state index contributed by atoms with van der Waals surface area (Å²) in [5.74, 6) is 0.134. The number of alkyl halides is 1. The van der Waals surface area contributed by atoms with Crippen LogP contribution in [0.25, 0.3) is 0 Å². The van der Waals surface area contributed by atoms with Gasteiger partial charge in [0.1, 0.15) is 12.1 Å². The maximum Gasteiger partial charge on any atom is 0.123 e. The van der Waals surface area contributed by atoms with Gasteiger partial charge in [0.05, 0.1) is 5.38 Å². The van der Waals surface area contributed by atoms with E-state index < -0.39 is 0 Å². The lowest BCUT2D eigenvalue weighted by Crippen LogP contribution is -2.58. The van der Waals surface area contributed by atoms with E-state index >= 15 is 0 Å². The summed E-state index contributed by atoms with van der Waals surface area (Å²) < 4.78 is 13.0. The molecule has 2 aliphatic rings. The Bertz CT molecular complexity index is 492. The van der Waals surface area contributed by atoms with E-state index in [0.29, 0.717) is 18.4 Å². The number of hydrogen-bond acceptors (Lipinski definition) is 2. The molecule has 1 aromatic carbocycles. The third kappa shape index (κ3) is 2.49. The largest absolute Gasteiger partial charge is 0.307 e. The third-order valence-electron chi connectivity index (χ3n) is 4.82. The minimum atomic E-state index is -0.225. The Morgan fingerprint density at radius 1 is 1.40 bits per heavy atom. The molecule has 1 N–H and O–H groups in total. The van der Waals surface area contributed by atoms with Crippen LogP contribution in [0.5, 0.6) is 0 Å². The molecule has 0 aromatic heterocycles. The van der Waals surface area contributed by atoms with Gasteiger partial charge in [-0.05, 0) is 49.3 Å². The molecule has 0 aliphatic carbocycles. The Hall–Kier alpha value is -0.930. The van der Waals surface area contributed by atoms with Gasteiger partial charge >= 0.3 is 0 Å². The minimum Gasteiger partial charge on any atom is -0.307 e. The van der Waals surface area contributed by atoms with E-state index in [1.807, 2.05) is 12.1 Å². The molecule has 2 aliphatic heterocycles. The quantitative estimate of drug-likeness (QED) is 0.683. The summed E-state index contributed by atoms with van der Waals surface area (Å²) >= 11 is 6.70. The molecule has 2 bridgehead atoms. The summed E-state index contributed by atoms with van der Waals surface area (Å²) in [5.41, 5.74) is 0.890. The molecule has 0 radical (unpaired) electrons. The van der Waals surface area contributed by atoms with Crippen molar-refractivity contribution in [3.05, 3.63) is 35.6 Å². The number of carbonyl (C=O) groups is 1. The second-order valence-electron chi connectivity index (χ2n) is 6.14. The first-order chi connectivity index (χ1) is 9.63. The molecule has 0 amide bonds. The zero-order valence-corrected chi connectivity index (χ0v) is 12.1. The SMILES string of the molecule is O=CCC12CCC(CC(Cc3ccc(F)cc3)C1Cl)N2. The van der Waals surface area contributed by atoms with Crippen LogP contribution in [-0.4, -0.2) is 23.2 Å². The zero-order chi connectivity index (χ0) is 14.2. The smallest absolute Gasteiger partial charge is 0.123 e. The van der Waals surface area contributed by atoms with Crippen molar-refractivity contribution in [3.63, 3.8) is 0 Å². The molecule has 2 nitrogen and oxygen atoms in total. The zero-order valence-electron chi connectivity index (χ0n) is 11.3. The molecule has 2 fully saturated rings. The standard InChI is InChI=1S/C16H19ClFNO/c17-15-12(9-11-1-3-13(18)4-2-11)10-14-5-6-16(15,19-14)7-8-20/h1-4,8,12,14-15,19H,5-7,9-10H2. The normalized spacial score (nSPS) is 36.0. The van der Waals surface area contributed by atoms with Crippen LogP contribution >= 0.6 is 11.6 Å². The molecule has 2 saturated heterocycles.